The van der Waals surface area contributed by atoms with Gasteiger partial charge < -0.3 is 9.80 Å². The fourth-order valence-electron chi connectivity index (χ4n) is 2.50. The molecule has 2 aliphatic rings. The maximum atomic E-state index is 12.0. The summed E-state index contributed by atoms with van der Waals surface area (Å²) in [5.41, 5.74) is 0. The molecule has 0 spiro atoms. The van der Waals surface area contributed by atoms with Crippen LogP contribution in [-0.2, 0) is 9.59 Å². The molecule has 2 amide bonds. The Morgan fingerprint density at radius 1 is 0.842 bits per heavy atom. The van der Waals surface area contributed by atoms with E-state index in [1.165, 1.54) is 0 Å². The topological polar surface area (TPSA) is 43.9 Å². The lowest BCUT2D eigenvalue weighted by Crippen LogP contribution is -2.51. The Labute approximate surface area is 125 Å². The van der Waals surface area contributed by atoms with Gasteiger partial charge in [0.2, 0.25) is 11.8 Å². The Balaban J connectivity index is 0.00000180. The van der Waals surface area contributed by atoms with Crippen molar-refractivity contribution in [3.63, 3.8) is 0 Å². The van der Waals surface area contributed by atoms with E-state index in [0.29, 0.717) is 19.6 Å². The Hall–Kier alpha value is -0.520. The SMILES string of the molecule is Cl.O=C(CCl)N1CCN(CC(=O)N2CCCC2)CC1. The third kappa shape index (κ3) is 4.51. The summed E-state index contributed by atoms with van der Waals surface area (Å²) in [6, 6.07) is 0. The predicted molar refractivity (Wildman–Crippen MR) is 76.8 cm³/mol. The molecular weight excluding hydrogens is 289 g/mol. The smallest absolute Gasteiger partial charge is 0.237 e. The Morgan fingerprint density at radius 3 is 1.89 bits per heavy atom. The van der Waals surface area contributed by atoms with Gasteiger partial charge in [0.25, 0.3) is 0 Å². The summed E-state index contributed by atoms with van der Waals surface area (Å²) in [4.78, 5) is 29.2. The van der Waals surface area contributed by atoms with Crippen LogP contribution < -0.4 is 0 Å². The molecule has 0 aliphatic carbocycles. The van der Waals surface area contributed by atoms with Crippen LogP contribution in [0.25, 0.3) is 0 Å². The van der Waals surface area contributed by atoms with Gasteiger partial charge >= 0.3 is 0 Å². The van der Waals surface area contributed by atoms with Crippen LogP contribution in [0, 0.1) is 0 Å². The number of piperazine rings is 1. The first-order valence-electron chi connectivity index (χ1n) is 6.54. The molecule has 0 radical (unpaired) electrons. The first kappa shape index (κ1) is 16.5. The van der Waals surface area contributed by atoms with Crippen LogP contribution in [0.4, 0.5) is 0 Å². The maximum Gasteiger partial charge on any atom is 0.237 e. The maximum absolute atomic E-state index is 12.0. The zero-order valence-electron chi connectivity index (χ0n) is 11.0. The number of rotatable bonds is 3. The molecule has 110 valence electrons. The van der Waals surface area contributed by atoms with Gasteiger partial charge in [-0.15, -0.1) is 24.0 Å². The standard InChI is InChI=1S/C12H20ClN3O2.ClH/c13-9-11(17)16-7-5-14(6-8-16)10-12(18)15-3-1-2-4-15;/h1-10H2;1H. The van der Waals surface area contributed by atoms with E-state index in [2.05, 4.69) is 4.90 Å². The zero-order chi connectivity index (χ0) is 13.0. The van der Waals surface area contributed by atoms with E-state index >= 15 is 0 Å². The van der Waals surface area contributed by atoms with Gasteiger partial charge in [0.05, 0.1) is 6.54 Å². The van der Waals surface area contributed by atoms with E-state index < -0.39 is 0 Å². The first-order chi connectivity index (χ1) is 8.70. The predicted octanol–water partition coefficient (Wildman–Crippen LogP) is 0.414. The van der Waals surface area contributed by atoms with E-state index in [0.717, 1.165) is 39.0 Å². The summed E-state index contributed by atoms with van der Waals surface area (Å²) in [6.45, 7) is 5.19. The van der Waals surface area contributed by atoms with Gasteiger partial charge in [0.15, 0.2) is 0 Å². The lowest BCUT2D eigenvalue weighted by Gasteiger charge is -2.34. The largest absolute Gasteiger partial charge is 0.342 e. The molecule has 0 bridgehead atoms. The number of hydrogen-bond acceptors (Lipinski definition) is 3. The number of carbonyl (C=O) groups is 2. The highest BCUT2D eigenvalue weighted by Crippen LogP contribution is 2.09. The van der Waals surface area contributed by atoms with Crippen molar-refractivity contribution < 1.29 is 9.59 Å². The Morgan fingerprint density at radius 2 is 1.37 bits per heavy atom. The number of halogens is 2. The van der Waals surface area contributed by atoms with E-state index in [4.69, 9.17) is 11.6 Å². The second-order valence-corrected chi connectivity index (χ2v) is 5.15. The van der Waals surface area contributed by atoms with Gasteiger partial charge in [-0.25, -0.2) is 0 Å². The molecule has 0 aromatic carbocycles. The monoisotopic (exact) mass is 309 g/mol. The third-order valence-electron chi connectivity index (χ3n) is 3.66. The van der Waals surface area contributed by atoms with Crippen LogP contribution in [0.3, 0.4) is 0 Å². The number of amides is 2. The summed E-state index contributed by atoms with van der Waals surface area (Å²) >= 11 is 5.53. The minimum absolute atomic E-state index is 0. The molecule has 2 aliphatic heterocycles. The van der Waals surface area contributed by atoms with Crippen LogP contribution in [0.2, 0.25) is 0 Å². The van der Waals surface area contributed by atoms with Gasteiger partial charge in [-0.3, -0.25) is 14.5 Å². The highest BCUT2D eigenvalue weighted by Gasteiger charge is 2.24. The number of hydrogen-bond donors (Lipinski definition) is 0. The fraction of sp³-hybridized carbons (Fsp3) is 0.833. The van der Waals surface area contributed by atoms with Gasteiger partial charge in [0, 0.05) is 39.3 Å². The van der Waals surface area contributed by atoms with Crippen molar-refractivity contribution in [3.05, 3.63) is 0 Å². The fourth-order valence-corrected chi connectivity index (χ4v) is 2.67. The number of nitrogens with zero attached hydrogens (tertiary/aromatic N) is 3. The summed E-state index contributed by atoms with van der Waals surface area (Å²) in [5.74, 6) is 0.263. The quantitative estimate of drug-likeness (QED) is 0.710. The molecular formula is C12H21Cl2N3O2. The summed E-state index contributed by atoms with van der Waals surface area (Å²) in [7, 11) is 0. The van der Waals surface area contributed by atoms with E-state index in [9.17, 15) is 9.59 Å². The lowest BCUT2D eigenvalue weighted by atomic mass is 10.3. The minimum atomic E-state index is -0.0119. The number of carbonyl (C=O) groups excluding carboxylic acids is 2. The van der Waals surface area contributed by atoms with Gasteiger partial charge in [-0.1, -0.05) is 0 Å². The normalized spacial score (nSPS) is 20.3. The van der Waals surface area contributed by atoms with Crippen LogP contribution in [0.15, 0.2) is 0 Å². The van der Waals surface area contributed by atoms with Crippen LogP contribution >= 0.6 is 24.0 Å². The average molecular weight is 310 g/mol. The number of likely N-dealkylation sites (tertiary alicyclic amines) is 1. The molecule has 2 heterocycles. The molecule has 7 heteroatoms. The highest BCUT2D eigenvalue weighted by molar-refractivity contribution is 6.27. The van der Waals surface area contributed by atoms with Crippen LogP contribution in [0.1, 0.15) is 12.8 Å². The summed E-state index contributed by atoms with van der Waals surface area (Å²) in [6.07, 6.45) is 2.26. The van der Waals surface area contributed by atoms with Crippen molar-refractivity contribution in [1.29, 1.82) is 0 Å². The van der Waals surface area contributed by atoms with Crippen molar-refractivity contribution in [2.45, 2.75) is 12.8 Å². The molecule has 2 fully saturated rings. The summed E-state index contributed by atoms with van der Waals surface area (Å²) in [5, 5.41) is 0. The second-order valence-electron chi connectivity index (χ2n) is 4.88. The molecule has 19 heavy (non-hydrogen) atoms. The molecule has 2 rings (SSSR count). The van der Waals surface area contributed by atoms with Crippen molar-refractivity contribution in [2.24, 2.45) is 0 Å². The molecule has 2 saturated heterocycles. The van der Waals surface area contributed by atoms with Crippen molar-refractivity contribution in [3.8, 4) is 0 Å². The summed E-state index contributed by atoms with van der Waals surface area (Å²) < 4.78 is 0. The molecule has 0 unspecified atom stereocenters. The number of alkyl halides is 1. The van der Waals surface area contributed by atoms with E-state index in [-0.39, 0.29) is 30.1 Å². The van der Waals surface area contributed by atoms with E-state index in [1.807, 2.05) is 4.90 Å². The van der Waals surface area contributed by atoms with Gasteiger partial charge in [-0.2, -0.15) is 0 Å². The van der Waals surface area contributed by atoms with E-state index in [1.54, 1.807) is 4.90 Å². The van der Waals surface area contributed by atoms with Crippen molar-refractivity contribution in [1.82, 2.24) is 14.7 Å². The van der Waals surface area contributed by atoms with Crippen molar-refractivity contribution >= 4 is 35.8 Å². The molecule has 0 atom stereocenters. The lowest BCUT2D eigenvalue weighted by molar-refractivity contribution is -0.133. The molecule has 0 saturated carbocycles. The van der Waals surface area contributed by atoms with Crippen LogP contribution in [-0.4, -0.2) is 78.2 Å². The van der Waals surface area contributed by atoms with Gasteiger partial charge in [-0.05, 0) is 12.8 Å². The Kier molecular flexibility index (Phi) is 6.89. The van der Waals surface area contributed by atoms with Crippen LogP contribution in [0.5, 0.6) is 0 Å². The molecule has 0 N–H and O–H groups in total. The first-order valence-corrected chi connectivity index (χ1v) is 7.08. The second kappa shape index (κ2) is 7.92. The molecule has 0 aromatic rings. The van der Waals surface area contributed by atoms with Crippen molar-refractivity contribution in [2.75, 3.05) is 51.7 Å². The third-order valence-corrected chi connectivity index (χ3v) is 3.89. The Bertz CT molecular complexity index is 314. The van der Waals surface area contributed by atoms with Gasteiger partial charge in [0.1, 0.15) is 5.88 Å². The minimum Gasteiger partial charge on any atom is -0.342 e. The average Bonchev–Trinajstić information content (AvgIpc) is 2.92. The highest BCUT2D eigenvalue weighted by atomic mass is 35.5. The molecule has 5 nitrogen and oxygen atoms in total. The zero-order valence-corrected chi connectivity index (χ0v) is 12.6. The molecule has 0 aromatic heterocycles.